The van der Waals surface area contributed by atoms with Crippen molar-refractivity contribution in [1.82, 2.24) is 10.6 Å². The quantitative estimate of drug-likeness (QED) is 0.577. The van der Waals surface area contributed by atoms with Gasteiger partial charge in [0, 0.05) is 13.6 Å². The van der Waals surface area contributed by atoms with E-state index in [0.29, 0.717) is 13.0 Å². The van der Waals surface area contributed by atoms with Gasteiger partial charge in [-0.25, -0.2) is 0 Å². The van der Waals surface area contributed by atoms with Gasteiger partial charge in [0.25, 0.3) is 0 Å². The van der Waals surface area contributed by atoms with Crippen LogP contribution in [0.15, 0.2) is 0 Å². The second-order valence-electron chi connectivity index (χ2n) is 3.37. The number of nitrogens with one attached hydrogen (secondary N) is 2. The molecular formula is C9H16N2O3. The number of amides is 1. The number of piperidine rings is 1. The highest BCUT2D eigenvalue weighted by atomic mass is 16.5. The molecule has 2 atom stereocenters. The van der Waals surface area contributed by atoms with Gasteiger partial charge in [0.2, 0.25) is 5.91 Å². The highest BCUT2D eigenvalue weighted by molar-refractivity contribution is 5.80. The number of esters is 1. The zero-order valence-electron chi connectivity index (χ0n) is 8.50. The summed E-state index contributed by atoms with van der Waals surface area (Å²) in [5.74, 6) is -0.248. The fraction of sp³-hybridized carbons (Fsp3) is 0.778. The fourth-order valence-electron chi connectivity index (χ4n) is 1.63. The van der Waals surface area contributed by atoms with E-state index in [2.05, 4.69) is 15.4 Å². The summed E-state index contributed by atoms with van der Waals surface area (Å²) in [4.78, 5) is 22.4. The molecule has 1 aliphatic rings. The van der Waals surface area contributed by atoms with E-state index in [1.165, 1.54) is 7.11 Å². The van der Waals surface area contributed by atoms with Gasteiger partial charge in [-0.3, -0.25) is 9.59 Å². The number of hydrogen-bond donors (Lipinski definition) is 2. The number of carbonyl (C=O) groups excluding carboxylic acids is 2. The van der Waals surface area contributed by atoms with Crippen LogP contribution >= 0.6 is 0 Å². The molecule has 14 heavy (non-hydrogen) atoms. The smallest absolute Gasteiger partial charge is 0.322 e. The zero-order chi connectivity index (χ0) is 10.6. The monoisotopic (exact) mass is 200 g/mol. The number of rotatable bonds is 2. The van der Waals surface area contributed by atoms with Crippen molar-refractivity contribution in [2.45, 2.75) is 18.9 Å². The van der Waals surface area contributed by atoms with Gasteiger partial charge in [-0.1, -0.05) is 0 Å². The molecule has 0 aliphatic carbocycles. The van der Waals surface area contributed by atoms with Crippen molar-refractivity contribution in [1.29, 1.82) is 0 Å². The maximum absolute atomic E-state index is 11.2. The molecule has 1 saturated heterocycles. The van der Waals surface area contributed by atoms with Gasteiger partial charge in [-0.15, -0.1) is 0 Å². The molecule has 1 aliphatic heterocycles. The van der Waals surface area contributed by atoms with Crippen LogP contribution in [0.2, 0.25) is 0 Å². The van der Waals surface area contributed by atoms with E-state index in [9.17, 15) is 9.59 Å². The Bertz CT molecular complexity index is 198. The maximum atomic E-state index is 11.2. The lowest BCUT2D eigenvalue weighted by Crippen LogP contribution is -2.48. The van der Waals surface area contributed by atoms with Gasteiger partial charge in [-0.05, 0) is 12.8 Å². The Morgan fingerprint density at radius 3 is 2.57 bits per heavy atom. The Balaban J connectivity index is 2.38. The minimum Gasteiger partial charge on any atom is -0.468 e. The molecule has 0 aromatic heterocycles. The van der Waals surface area contributed by atoms with E-state index in [1.807, 2.05) is 0 Å². The highest BCUT2D eigenvalue weighted by Crippen LogP contribution is 2.14. The summed E-state index contributed by atoms with van der Waals surface area (Å²) in [5, 5.41) is 5.60. The van der Waals surface area contributed by atoms with Crippen molar-refractivity contribution in [2.75, 3.05) is 20.7 Å². The normalized spacial score (nSPS) is 26.7. The van der Waals surface area contributed by atoms with Gasteiger partial charge >= 0.3 is 5.97 Å². The molecule has 5 nitrogen and oxygen atoms in total. The van der Waals surface area contributed by atoms with Crippen LogP contribution in [0.25, 0.3) is 0 Å². The standard InChI is InChI=1S/C9H16N2O3/c1-10-8(12)6-3-4-7(11-5-6)9(13)14-2/h6-7,11H,3-5H2,1-2H3,(H,10,12). The summed E-state index contributed by atoms with van der Waals surface area (Å²) in [5.41, 5.74) is 0. The molecule has 1 rings (SSSR count). The summed E-state index contributed by atoms with van der Waals surface area (Å²) in [6.07, 6.45) is 1.39. The van der Waals surface area contributed by atoms with Crippen molar-refractivity contribution >= 4 is 11.9 Å². The molecule has 80 valence electrons. The lowest BCUT2D eigenvalue weighted by molar-refractivity contribution is -0.144. The lowest BCUT2D eigenvalue weighted by Gasteiger charge is -2.26. The van der Waals surface area contributed by atoms with Crippen LogP contribution in [-0.2, 0) is 14.3 Å². The number of methoxy groups -OCH3 is 1. The largest absolute Gasteiger partial charge is 0.468 e. The molecule has 0 saturated carbocycles. The van der Waals surface area contributed by atoms with Gasteiger partial charge in [0.1, 0.15) is 6.04 Å². The number of carbonyl (C=O) groups is 2. The Hall–Kier alpha value is -1.10. The van der Waals surface area contributed by atoms with E-state index >= 15 is 0 Å². The van der Waals surface area contributed by atoms with Gasteiger partial charge < -0.3 is 15.4 Å². The van der Waals surface area contributed by atoms with Crippen LogP contribution in [0, 0.1) is 5.92 Å². The third-order valence-corrected chi connectivity index (χ3v) is 2.52. The minimum atomic E-state index is -0.250. The summed E-state index contributed by atoms with van der Waals surface area (Å²) in [6.45, 7) is 0.541. The minimum absolute atomic E-state index is 0.0269. The molecule has 5 heteroatoms. The number of ether oxygens (including phenoxy) is 1. The molecular weight excluding hydrogens is 184 g/mol. The van der Waals surface area contributed by atoms with E-state index < -0.39 is 0 Å². The average Bonchev–Trinajstić information content (AvgIpc) is 2.27. The molecule has 1 amide bonds. The zero-order valence-corrected chi connectivity index (χ0v) is 8.50. The fourth-order valence-corrected chi connectivity index (χ4v) is 1.63. The first-order valence-electron chi connectivity index (χ1n) is 4.71. The van der Waals surface area contributed by atoms with Crippen molar-refractivity contribution in [3.05, 3.63) is 0 Å². The molecule has 1 heterocycles. The second-order valence-corrected chi connectivity index (χ2v) is 3.37. The lowest BCUT2D eigenvalue weighted by atomic mass is 9.94. The molecule has 0 bridgehead atoms. The van der Waals surface area contributed by atoms with Crippen LogP contribution in [0.3, 0.4) is 0 Å². The Morgan fingerprint density at radius 2 is 2.14 bits per heavy atom. The molecule has 0 aromatic carbocycles. The van der Waals surface area contributed by atoms with Crippen LogP contribution in [-0.4, -0.2) is 38.6 Å². The van der Waals surface area contributed by atoms with E-state index in [0.717, 1.165) is 6.42 Å². The average molecular weight is 200 g/mol. The Morgan fingerprint density at radius 1 is 1.43 bits per heavy atom. The second kappa shape index (κ2) is 4.95. The maximum Gasteiger partial charge on any atom is 0.322 e. The SMILES string of the molecule is CNC(=O)C1CCC(C(=O)OC)NC1. The summed E-state index contributed by atoms with van der Waals surface area (Å²) in [6, 6.07) is -0.249. The first kappa shape index (κ1) is 11.0. The van der Waals surface area contributed by atoms with Gasteiger partial charge in [0.15, 0.2) is 0 Å². The highest BCUT2D eigenvalue weighted by Gasteiger charge is 2.29. The topological polar surface area (TPSA) is 67.4 Å². The first-order chi connectivity index (χ1) is 6.69. The third kappa shape index (κ3) is 2.45. The summed E-state index contributed by atoms with van der Waals surface area (Å²) < 4.78 is 4.61. The van der Waals surface area contributed by atoms with Crippen molar-refractivity contribution in [3.8, 4) is 0 Å². The summed E-state index contributed by atoms with van der Waals surface area (Å²) >= 11 is 0. The van der Waals surface area contributed by atoms with Crippen molar-refractivity contribution in [2.24, 2.45) is 5.92 Å². The van der Waals surface area contributed by atoms with Gasteiger partial charge in [-0.2, -0.15) is 0 Å². The van der Waals surface area contributed by atoms with Gasteiger partial charge in [0.05, 0.1) is 13.0 Å². The molecule has 0 spiro atoms. The van der Waals surface area contributed by atoms with E-state index in [1.54, 1.807) is 7.05 Å². The Labute approximate surface area is 83.2 Å². The van der Waals surface area contributed by atoms with Crippen LogP contribution in [0.5, 0.6) is 0 Å². The molecule has 0 radical (unpaired) electrons. The summed E-state index contributed by atoms with van der Waals surface area (Å²) in [7, 11) is 2.99. The van der Waals surface area contributed by atoms with Crippen molar-refractivity contribution < 1.29 is 14.3 Å². The first-order valence-corrected chi connectivity index (χ1v) is 4.71. The van der Waals surface area contributed by atoms with Crippen LogP contribution < -0.4 is 10.6 Å². The molecule has 1 fully saturated rings. The van der Waals surface area contributed by atoms with Crippen LogP contribution in [0.4, 0.5) is 0 Å². The molecule has 2 N–H and O–H groups in total. The Kier molecular flexibility index (Phi) is 3.88. The molecule has 2 unspecified atom stereocenters. The van der Waals surface area contributed by atoms with E-state index in [4.69, 9.17) is 0 Å². The molecule has 0 aromatic rings. The third-order valence-electron chi connectivity index (χ3n) is 2.52. The number of hydrogen-bond acceptors (Lipinski definition) is 4. The predicted octanol–water partition coefficient (Wildman–Crippen LogP) is -0.726. The van der Waals surface area contributed by atoms with Crippen LogP contribution in [0.1, 0.15) is 12.8 Å². The van der Waals surface area contributed by atoms with E-state index in [-0.39, 0.29) is 23.8 Å². The predicted molar refractivity (Wildman–Crippen MR) is 50.6 cm³/mol. The van der Waals surface area contributed by atoms with Crippen molar-refractivity contribution in [3.63, 3.8) is 0 Å².